The average Bonchev–Trinajstić information content (AvgIpc) is 3.56. The molecule has 238 valence electrons. The van der Waals surface area contributed by atoms with Crippen molar-refractivity contribution >= 4 is 23.2 Å². The number of benzene rings is 2. The van der Waals surface area contributed by atoms with E-state index in [-0.39, 0.29) is 48.5 Å². The molecule has 44 heavy (non-hydrogen) atoms. The highest BCUT2D eigenvalue weighted by atomic mass is 19.4. The van der Waals surface area contributed by atoms with Crippen LogP contribution in [0.3, 0.4) is 0 Å². The summed E-state index contributed by atoms with van der Waals surface area (Å²) in [6, 6.07) is 5.50. The highest BCUT2D eigenvalue weighted by molar-refractivity contribution is 5.79. The molecule has 0 unspecified atom stereocenters. The molecule has 3 amide bonds. The van der Waals surface area contributed by atoms with E-state index >= 15 is 4.39 Å². The lowest BCUT2D eigenvalue weighted by atomic mass is 9.81. The molecule has 2 aromatic carbocycles. The number of carbonyl (C=O) groups excluding carboxylic acids is 1. The average molecular weight is 629 g/mol. The van der Waals surface area contributed by atoms with Gasteiger partial charge in [0, 0.05) is 26.5 Å². The summed E-state index contributed by atoms with van der Waals surface area (Å²) >= 11 is 0. The molecule has 1 aliphatic heterocycles. The number of alkyl halides is 5. The predicted molar refractivity (Wildman–Crippen MR) is 143 cm³/mol. The van der Waals surface area contributed by atoms with Crippen molar-refractivity contribution in [3.8, 4) is 0 Å². The van der Waals surface area contributed by atoms with Crippen molar-refractivity contribution in [2.45, 2.75) is 62.5 Å². The zero-order valence-electron chi connectivity index (χ0n) is 23.5. The third kappa shape index (κ3) is 6.56. The quantitative estimate of drug-likeness (QED) is 0.257. The van der Waals surface area contributed by atoms with E-state index in [1.165, 1.54) is 13.2 Å². The Labute approximate surface area is 247 Å². The first kappa shape index (κ1) is 31.4. The van der Waals surface area contributed by atoms with Gasteiger partial charge in [0.1, 0.15) is 17.6 Å². The van der Waals surface area contributed by atoms with Gasteiger partial charge < -0.3 is 24.5 Å². The molecule has 2 fully saturated rings. The fourth-order valence-corrected chi connectivity index (χ4v) is 5.92. The highest BCUT2D eigenvalue weighted by Crippen LogP contribution is 2.45. The first-order chi connectivity index (χ1) is 20.8. The Balaban J connectivity index is 1.54. The fourth-order valence-electron chi connectivity index (χ4n) is 5.92. The molecule has 3 aromatic rings. The van der Waals surface area contributed by atoms with Crippen LogP contribution in [-0.2, 0) is 11.3 Å². The number of nitrogens with zero attached hydrogens (tertiary/aromatic N) is 3. The first-order valence-corrected chi connectivity index (χ1v) is 13.9. The number of oxazole rings is 1. The van der Waals surface area contributed by atoms with Gasteiger partial charge in [-0.25, -0.2) is 27.7 Å². The Kier molecular flexibility index (Phi) is 8.69. The minimum Gasteiger partial charge on any atom is -0.465 e. The van der Waals surface area contributed by atoms with Crippen LogP contribution in [0.2, 0.25) is 0 Å². The summed E-state index contributed by atoms with van der Waals surface area (Å²) < 4.78 is 94.6. The summed E-state index contributed by atoms with van der Waals surface area (Å²) in [6.45, 7) is -1.13. The molecule has 1 aliphatic carbocycles. The zero-order chi connectivity index (χ0) is 31.8. The van der Waals surface area contributed by atoms with E-state index in [1.807, 2.05) is 5.32 Å². The molecular formula is C29H30F6N4O5. The topological polar surface area (TPSA) is 108 Å². The van der Waals surface area contributed by atoms with Gasteiger partial charge in [0.2, 0.25) is 11.8 Å². The normalized spacial score (nSPS) is 20.5. The Hall–Kier alpha value is -4.01. The zero-order valence-corrected chi connectivity index (χ0v) is 23.5. The number of rotatable bonds is 9. The van der Waals surface area contributed by atoms with E-state index < -0.39 is 73.5 Å². The molecule has 5 rings (SSSR count). The number of hydrogen-bond acceptors (Lipinski definition) is 5. The van der Waals surface area contributed by atoms with Crippen molar-refractivity contribution in [1.29, 1.82) is 0 Å². The number of fused-ring (bicyclic) bond motifs is 1. The summed E-state index contributed by atoms with van der Waals surface area (Å²) in [4.78, 5) is 31.4. The summed E-state index contributed by atoms with van der Waals surface area (Å²) in [5.74, 6) is -4.69. The molecule has 15 heteroatoms. The molecule has 9 nitrogen and oxygen atoms in total. The molecule has 2 N–H and O–H groups in total. The van der Waals surface area contributed by atoms with Crippen LogP contribution in [0.1, 0.15) is 54.8 Å². The maximum Gasteiger partial charge on any atom is 0.410 e. The molecule has 2 heterocycles. The Morgan fingerprint density at radius 2 is 1.91 bits per heavy atom. The lowest BCUT2D eigenvalue weighted by molar-refractivity contribution is -0.150. The number of ether oxygens (including phenoxy) is 1. The van der Waals surface area contributed by atoms with Crippen LogP contribution >= 0.6 is 0 Å². The van der Waals surface area contributed by atoms with Crippen LogP contribution in [0.15, 0.2) is 46.9 Å². The minimum atomic E-state index is -4.70. The summed E-state index contributed by atoms with van der Waals surface area (Å²) in [5, 5.41) is 12.1. The van der Waals surface area contributed by atoms with Crippen LogP contribution < -0.4 is 5.32 Å². The van der Waals surface area contributed by atoms with E-state index in [1.54, 1.807) is 30.3 Å². The Morgan fingerprint density at radius 1 is 1.23 bits per heavy atom. The van der Waals surface area contributed by atoms with E-state index in [9.17, 15) is 36.6 Å². The van der Waals surface area contributed by atoms with Crippen molar-refractivity contribution < 1.29 is 50.2 Å². The third-order valence-electron chi connectivity index (χ3n) is 8.14. The summed E-state index contributed by atoms with van der Waals surface area (Å²) in [6.07, 6.45) is -7.08. The van der Waals surface area contributed by atoms with E-state index in [0.717, 1.165) is 15.9 Å². The van der Waals surface area contributed by atoms with Crippen LogP contribution in [0.25, 0.3) is 11.1 Å². The number of methoxy groups -OCH3 is 1. The lowest BCUT2D eigenvalue weighted by Crippen LogP contribution is -2.40. The van der Waals surface area contributed by atoms with Crippen molar-refractivity contribution in [2.24, 2.45) is 5.92 Å². The van der Waals surface area contributed by atoms with Crippen LogP contribution in [0.4, 0.5) is 35.9 Å². The molecular weight excluding hydrogens is 598 g/mol. The number of aromatic nitrogens is 1. The molecule has 3 atom stereocenters. The van der Waals surface area contributed by atoms with Gasteiger partial charge in [0.05, 0.1) is 19.2 Å². The maximum absolute atomic E-state index is 15.5. The molecule has 1 saturated carbocycles. The predicted octanol–water partition coefficient (Wildman–Crippen LogP) is 6.66. The molecule has 1 aromatic heterocycles. The molecule has 0 radical (unpaired) electrons. The SMILES string of the molecule is COC[C@@H](c1cc(F)c2oc([C@H](C3CCC(F)(F)CC3)N(Cc3ccccc3)C(=O)O)nc2c1)N1C[C@@H](C(F)(F)F)NC1=O. The smallest absolute Gasteiger partial charge is 0.410 e. The number of halogens is 6. The van der Waals surface area contributed by atoms with Gasteiger partial charge in [-0.15, -0.1) is 0 Å². The van der Waals surface area contributed by atoms with Gasteiger partial charge >= 0.3 is 18.3 Å². The minimum absolute atomic E-state index is 0.0386. The Bertz CT molecular complexity index is 1490. The van der Waals surface area contributed by atoms with Crippen molar-refractivity contribution in [3.63, 3.8) is 0 Å². The number of nitrogens with one attached hydrogen (secondary N) is 1. The monoisotopic (exact) mass is 628 g/mol. The van der Waals surface area contributed by atoms with Gasteiger partial charge in [0.25, 0.3) is 0 Å². The van der Waals surface area contributed by atoms with Gasteiger partial charge in [-0.3, -0.25) is 4.90 Å². The van der Waals surface area contributed by atoms with E-state index in [4.69, 9.17) is 9.15 Å². The molecule has 0 spiro atoms. The summed E-state index contributed by atoms with van der Waals surface area (Å²) in [5.41, 5.74) is 0.256. The molecule has 0 bridgehead atoms. The first-order valence-electron chi connectivity index (χ1n) is 13.9. The van der Waals surface area contributed by atoms with Gasteiger partial charge in [-0.05, 0) is 42.0 Å². The van der Waals surface area contributed by atoms with Crippen molar-refractivity contribution in [2.75, 3.05) is 20.3 Å². The Morgan fingerprint density at radius 3 is 2.50 bits per heavy atom. The lowest BCUT2D eigenvalue weighted by Gasteiger charge is -2.37. The molecule has 1 saturated heterocycles. The standard InChI is InChI=1S/C29H30F6N4O5/c1-43-15-21(38-14-22(29(33,34)35)37-26(38)40)18-11-19(30)24-20(12-18)36-25(44-24)23(17-7-9-28(31,32)10-8-17)39(27(41)42)13-16-5-3-2-4-6-16/h2-6,11-12,17,21-23H,7-10,13-15H2,1H3,(H,37,40)(H,41,42)/t21-,22-,23-/m0/s1. The second-order valence-electron chi connectivity index (χ2n) is 11.1. The second-order valence-corrected chi connectivity index (χ2v) is 11.1. The largest absolute Gasteiger partial charge is 0.465 e. The van der Waals surface area contributed by atoms with Crippen molar-refractivity contribution in [1.82, 2.24) is 20.1 Å². The third-order valence-corrected chi connectivity index (χ3v) is 8.14. The second kappa shape index (κ2) is 12.2. The van der Waals surface area contributed by atoms with E-state index in [0.29, 0.717) is 5.56 Å². The van der Waals surface area contributed by atoms with Crippen LogP contribution in [0.5, 0.6) is 0 Å². The summed E-state index contributed by atoms with van der Waals surface area (Å²) in [7, 11) is 1.27. The van der Waals surface area contributed by atoms with E-state index in [2.05, 4.69) is 4.98 Å². The van der Waals surface area contributed by atoms with Gasteiger partial charge in [0.15, 0.2) is 11.4 Å². The molecule has 2 aliphatic rings. The number of hydrogen-bond donors (Lipinski definition) is 2. The van der Waals surface area contributed by atoms with Crippen molar-refractivity contribution in [3.05, 3.63) is 65.3 Å². The fraction of sp³-hybridized carbons (Fsp3) is 0.483. The number of amides is 3. The number of carbonyl (C=O) groups is 2. The maximum atomic E-state index is 15.5. The number of carboxylic acid groups (broad SMARTS) is 1. The highest BCUT2D eigenvalue weighted by Gasteiger charge is 2.49. The van der Waals surface area contributed by atoms with Gasteiger partial charge in [-0.1, -0.05) is 30.3 Å². The van der Waals surface area contributed by atoms with Crippen LogP contribution in [0, 0.1) is 11.7 Å². The van der Waals surface area contributed by atoms with Gasteiger partial charge in [-0.2, -0.15) is 13.2 Å². The van der Waals surface area contributed by atoms with Crippen LogP contribution in [-0.4, -0.2) is 70.4 Å². The number of urea groups is 1.